The average molecular weight is 323 g/mol. The van der Waals surface area contributed by atoms with Crippen LogP contribution in [-0.4, -0.2) is 11.5 Å². The lowest BCUT2D eigenvalue weighted by Crippen LogP contribution is -2.03. The molecule has 2 aromatic rings. The number of hydrogen-bond donors (Lipinski definition) is 0. The highest BCUT2D eigenvalue weighted by Gasteiger charge is 2.25. The molecule has 0 amide bonds. The summed E-state index contributed by atoms with van der Waals surface area (Å²) in [7, 11) is 0. The zero-order chi connectivity index (χ0) is 14.1. The molecule has 1 unspecified atom stereocenters. The van der Waals surface area contributed by atoms with Gasteiger partial charge in [0.2, 0.25) is 0 Å². The Morgan fingerprint density at radius 3 is 2.65 bits per heavy atom. The highest BCUT2D eigenvalue weighted by Crippen LogP contribution is 2.43. The minimum absolute atomic E-state index is 0.0591. The van der Waals surface area contributed by atoms with Gasteiger partial charge in [-0.2, -0.15) is 0 Å². The second-order valence-corrected chi connectivity index (χ2v) is 6.71. The SMILES string of the molecule is O=C1CSC(c2ccccc2Cl)c2cc(Cl)ccc2C1. The first-order valence-corrected chi connectivity index (χ1v) is 8.11. The first-order chi connectivity index (χ1) is 9.65. The molecular formula is C16H12Cl2OS. The van der Waals surface area contributed by atoms with Crippen LogP contribution in [0.25, 0.3) is 0 Å². The monoisotopic (exact) mass is 322 g/mol. The van der Waals surface area contributed by atoms with Gasteiger partial charge in [-0.1, -0.05) is 47.5 Å². The molecule has 2 aromatic carbocycles. The van der Waals surface area contributed by atoms with Crippen LogP contribution in [0.1, 0.15) is 21.9 Å². The number of carbonyl (C=O) groups excluding carboxylic acids is 1. The van der Waals surface area contributed by atoms with E-state index >= 15 is 0 Å². The first kappa shape index (κ1) is 14.0. The quantitative estimate of drug-likeness (QED) is 0.739. The molecule has 0 radical (unpaired) electrons. The van der Waals surface area contributed by atoms with E-state index in [1.165, 1.54) is 0 Å². The van der Waals surface area contributed by atoms with Crippen LogP contribution in [0.5, 0.6) is 0 Å². The fourth-order valence-electron chi connectivity index (χ4n) is 2.45. The fourth-order valence-corrected chi connectivity index (χ4v) is 4.17. The van der Waals surface area contributed by atoms with E-state index in [2.05, 4.69) is 0 Å². The number of hydrogen-bond acceptors (Lipinski definition) is 2. The van der Waals surface area contributed by atoms with E-state index in [0.29, 0.717) is 17.2 Å². The zero-order valence-corrected chi connectivity index (χ0v) is 12.9. The van der Waals surface area contributed by atoms with Gasteiger partial charge in [0.1, 0.15) is 5.78 Å². The molecule has 0 N–H and O–H groups in total. The Balaban J connectivity index is 2.15. The Labute approximate surface area is 132 Å². The van der Waals surface area contributed by atoms with Crippen LogP contribution < -0.4 is 0 Å². The minimum atomic E-state index is 0.0591. The van der Waals surface area contributed by atoms with E-state index in [9.17, 15) is 4.79 Å². The molecule has 1 nitrogen and oxygen atoms in total. The van der Waals surface area contributed by atoms with Gasteiger partial charge in [-0.25, -0.2) is 0 Å². The van der Waals surface area contributed by atoms with Gasteiger partial charge in [0.05, 0.1) is 11.0 Å². The molecule has 0 aliphatic carbocycles. The third-order valence-electron chi connectivity index (χ3n) is 3.38. The molecule has 1 atom stereocenters. The van der Waals surface area contributed by atoms with Gasteiger partial charge in [0, 0.05) is 16.5 Å². The van der Waals surface area contributed by atoms with Crippen LogP contribution >= 0.6 is 35.0 Å². The number of benzene rings is 2. The number of rotatable bonds is 1. The van der Waals surface area contributed by atoms with Crippen LogP contribution in [0.4, 0.5) is 0 Å². The molecule has 0 bridgehead atoms. The van der Waals surface area contributed by atoms with Gasteiger partial charge in [-0.3, -0.25) is 4.79 Å². The van der Waals surface area contributed by atoms with Crippen molar-refractivity contribution in [3.63, 3.8) is 0 Å². The molecule has 0 spiro atoms. The number of carbonyl (C=O) groups is 1. The average Bonchev–Trinajstić information content (AvgIpc) is 2.58. The second-order valence-electron chi connectivity index (χ2n) is 4.77. The van der Waals surface area contributed by atoms with E-state index in [4.69, 9.17) is 23.2 Å². The lowest BCUT2D eigenvalue weighted by molar-refractivity contribution is -0.115. The van der Waals surface area contributed by atoms with Crippen molar-refractivity contribution in [1.82, 2.24) is 0 Å². The summed E-state index contributed by atoms with van der Waals surface area (Å²) in [5.74, 6) is 0.746. The molecule has 1 aliphatic heterocycles. The van der Waals surface area contributed by atoms with Crippen LogP contribution in [0.2, 0.25) is 10.0 Å². The molecule has 102 valence electrons. The third kappa shape index (κ3) is 2.73. The molecule has 1 heterocycles. The molecule has 3 rings (SSSR count). The van der Waals surface area contributed by atoms with Gasteiger partial charge in [0.25, 0.3) is 0 Å². The second kappa shape index (κ2) is 5.80. The Bertz CT molecular complexity index is 669. The number of Topliss-reactive ketones (excluding diaryl/α,β-unsaturated/α-hetero) is 1. The topological polar surface area (TPSA) is 17.1 Å². The Morgan fingerprint density at radius 2 is 1.85 bits per heavy atom. The van der Waals surface area contributed by atoms with Gasteiger partial charge in [0.15, 0.2) is 0 Å². The lowest BCUT2D eigenvalue weighted by atomic mass is 9.96. The summed E-state index contributed by atoms with van der Waals surface area (Å²) < 4.78 is 0. The fraction of sp³-hybridized carbons (Fsp3) is 0.188. The smallest absolute Gasteiger partial charge is 0.147 e. The van der Waals surface area contributed by atoms with E-state index in [1.54, 1.807) is 11.8 Å². The summed E-state index contributed by atoms with van der Waals surface area (Å²) in [6.07, 6.45) is 0.473. The lowest BCUT2D eigenvalue weighted by Gasteiger charge is -2.19. The number of halogens is 2. The molecule has 0 aromatic heterocycles. The van der Waals surface area contributed by atoms with Gasteiger partial charge < -0.3 is 0 Å². The van der Waals surface area contributed by atoms with Crippen molar-refractivity contribution in [1.29, 1.82) is 0 Å². The molecule has 0 saturated heterocycles. The minimum Gasteiger partial charge on any atom is -0.298 e. The predicted molar refractivity (Wildman–Crippen MR) is 85.9 cm³/mol. The van der Waals surface area contributed by atoms with E-state index < -0.39 is 0 Å². The molecule has 4 heteroatoms. The van der Waals surface area contributed by atoms with Crippen LogP contribution in [-0.2, 0) is 11.2 Å². The normalized spacial score (nSPS) is 18.5. The molecule has 0 fully saturated rings. The van der Waals surface area contributed by atoms with Crippen molar-refractivity contribution in [2.24, 2.45) is 0 Å². The number of thioether (sulfide) groups is 1. The standard InChI is InChI=1S/C16H12Cl2OS/c17-11-6-5-10-7-12(19)9-20-16(14(10)8-11)13-3-1-2-4-15(13)18/h1-6,8,16H,7,9H2. The Kier molecular flexibility index (Phi) is 4.06. The molecule has 1 aliphatic rings. The summed E-state index contributed by atoms with van der Waals surface area (Å²) >= 11 is 14.1. The van der Waals surface area contributed by atoms with E-state index in [1.807, 2.05) is 42.5 Å². The van der Waals surface area contributed by atoms with E-state index in [0.717, 1.165) is 21.7 Å². The van der Waals surface area contributed by atoms with Gasteiger partial charge in [-0.15, -0.1) is 11.8 Å². The summed E-state index contributed by atoms with van der Waals surface area (Å²) in [5, 5.41) is 1.48. The third-order valence-corrected chi connectivity index (χ3v) is 5.29. The summed E-state index contributed by atoms with van der Waals surface area (Å²) in [5.41, 5.74) is 3.19. The number of ketones is 1. The van der Waals surface area contributed by atoms with Crippen molar-refractivity contribution in [2.45, 2.75) is 11.7 Å². The highest BCUT2D eigenvalue weighted by molar-refractivity contribution is 8.00. The van der Waals surface area contributed by atoms with Crippen molar-refractivity contribution >= 4 is 40.7 Å². The highest BCUT2D eigenvalue weighted by atomic mass is 35.5. The maximum absolute atomic E-state index is 11.9. The van der Waals surface area contributed by atoms with Gasteiger partial charge in [-0.05, 0) is 34.9 Å². The van der Waals surface area contributed by atoms with Crippen molar-refractivity contribution in [3.8, 4) is 0 Å². The first-order valence-electron chi connectivity index (χ1n) is 6.31. The van der Waals surface area contributed by atoms with Crippen LogP contribution in [0.3, 0.4) is 0 Å². The Morgan fingerprint density at radius 1 is 1.05 bits per heavy atom. The van der Waals surface area contributed by atoms with Crippen molar-refractivity contribution in [3.05, 3.63) is 69.2 Å². The van der Waals surface area contributed by atoms with Crippen molar-refractivity contribution < 1.29 is 4.79 Å². The maximum atomic E-state index is 11.9. The van der Waals surface area contributed by atoms with Crippen LogP contribution in [0, 0.1) is 0 Å². The van der Waals surface area contributed by atoms with Crippen molar-refractivity contribution in [2.75, 3.05) is 5.75 Å². The Hall–Kier alpha value is -0.960. The summed E-state index contributed by atoms with van der Waals surface area (Å²) in [4.78, 5) is 11.9. The van der Waals surface area contributed by atoms with Gasteiger partial charge >= 0.3 is 0 Å². The summed E-state index contributed by atoms with van der Waals surface area (Å²) in [6, 6.07) is 13.5. The molecular weight excluding hydrogens is 311 g/mol. The van der Waals surface area contributed by atoms with E-state index in [-0.39, 0.29) is 11.0 Å². The summed E-state index contributed by atoms with van der Waals surface area (Å²) in [6.45, 7) is 0. The molecule has 20 heavy (non-hydrogen) atoms. The number of fused-ring (bicyclic) bond motifs is 1. The largest absolute Gasteiger partial charge is 0.298 e. The molecule has 0 saturated carbocycles. The zero-order valence-electron chi connectivity index (χ0n) is 10.6. The predicted octanol–water partition coefficient (Wildman–Crippen LogP) is 4.94. The van der Waals surface area contributed by atoms with Crippen LogP contribution in [0.15, 0.2) is 42.5 Å². The maximum Gasteiger partial charge on any atom is 0.147 e.